The first-order valence-electron chi connectivity index (χ1n) is 9.36. The van der Waals surface area contributed by atoms with E-state index in [0.717, 1.165) is 5.75 Å². The van der Waals surface area contributed by atoms with Crippen LogP contribution in [0.5, 0.6) is 0 Å². The van der Waals surface area contributed by atoms with Gasteiger partial charge in [-0.05, 0) is 36.4 Å². The van der Waals surface area contributed by atoms with E-state index in [4.69, 9.17) is 0 Å². The maximum absolute atomic E-state index is 13.0. The highest BCUT2D eigenvalue weighted by Crippen LogP contribution is 2.24. The van der Waals surface area contributed by atoms with Gasteiger partial charge in [-0.1, -0.05) is 45.0 Å². The first-order chi connectivity index (χ1) is 13.6. The number of amides is 1. The molecule has 2 aromatic carbocycles. The molecular weight excluding hydrogens is 404 g/mol. The molecule has 1 N–H and O–H groups in total. The number of rotatable bonds is 9. The number of sulfonamides is 1. The van der Waals surface area contributed by atoms with Gasteiger partial charge in [-0.25, -0.2) is 8.42 Å². The zero-order chi connectivity index (χ0) is 21.5. The van der Waals surface area contributed by atoms with E-state index in [2.05, 4.69) is 32.7 Å². The van der Waals surface area contributed by atoms with Crippen molar-refractivity contribution in [2.75, 3.05) is 23.1 Å². The van der Waals surface area contributed by atoms with Crippen LogP contribution in [0.15, 0.2) is 72.1 Å². The highest BCUT2D eigenvalue weighted by Gasteiger charge is 2.24. The molecule has 29 heavy (non-hydrogen) atoms. The predicted molar refractivity (Wildman–Crippen MR) is 122 cm³/mol. The third kappa shape index (κ3) is 6.65. The molecule has 0 radical (unpaired) electrons. The molecule has 0 saturated heterocycles. The zero-order valence-electron chi connectivity index (χ0n) is 17.1. The fourth-order valence-corrected chi connectivity index (χ4v) is 4.86. The Morgan fingerprint density at radius 2 is 1.72 bits per heavy atom. The van der Waals surface area contributed by atoms with Crippen LogP contribution in [0.4, 0.5) is 5.69 Å². The molecule has 0 heterocycles. The van der Waals surface area contributed by atoms with Crippen LogP contribution in [0.1, 0.15) is 31.1 Å². The van der Waals surface area contributed by atoms with Gasteiger partial charge in [0.1, 0.15) is 0 Å². The van der Waals surface area contributed by atoms with Crippen LogP contribution in [0.3, 0.4) is 0 Å². The van der Waals surface area contributed by atoms with E-state index in [1.54, 1.807) is 66.4 Å². The second-order valence-corrected chi connectivity index (χ2v) is 11.2. The maximum Gasteiger partial charge on any atom is 0.264 e. The number of hydrogen-bond acceptors (Lipinski definition) is 4. The van der Waals surface area contributed by atoms with Gasteiger partial charge in [0.15, 0.2) is 0 Å². The average Bonchev–Trinajstić information content (AvgIpc) is 2.69. The first-order valence-corrected chi connectivity index (χ1v) is 11.8. The molecule has 7 heteroatoms. The van der Waals surface area contributed by atoms with Crippen molar-refractivity contribution in [3.8, 4) is 0 Å². The van der Waals surface area contributed by atoms with Gasteiger partial charge in [0.05, 0.1) is 17.1 Å². The summed E-state index contributed by atoms with van der Waals surface area (Å²) in [5, 5.41) is 2.89. The molecule has 0 atom stereocenters. The molecule has 0 unspecified atom stereocenters. The highest BCUT2D eigenvalue weighted by atomic mass is 32.2. The van der Waals surface area contributed by atoms with Gasteiger partial charge in [-0.2, -0.15) is 11.8 Å². The molecule has 0 aromatic heterocycles. The lowest BCUT2D eigenvalue weighted by molar-refractivity contribution is 0.0956. The van der Waals surface area contributed by atoms with E-state index in [1.165, 1.54) is 10.4 Å². The number of carbonyl (C=O) groups is 1. The van der Waals surface area contributed by atoms with Crippen molar-refractivity contribution >= 4 is 33.4 Å². The minimum atomic E-state index is -3.72. The third-order valence-corrected chi connectivity index (χ3v) is 7.05. The lowest BCUT2D eigenvalue weighted by atomic mass is 10.2. The van der Waals surface area contributed by atoms with Gasteiger partial charge < -0.3 is 5.32 Å². The lowest BCUT2D eigenvalue weighted by Gasteiger charge is -2.23. The second kappa shape index (κ2) is 9.98. The zero-order valence-corrected chi connectivity index (χ0v) is 18.7. The lowest BCUT2D eigenvalue weighted by Crippen LogP contribution is -2.31. The van der Waals surface area contributed by atoms with Crippen molar-refractivity contribution in [1.82, 2.24) is 5.32 Å². The quantitative estimate of drug-likeness (QED) is 0.473. The summed E-state index contributed by atoms with van der Waals surface area (Å²) in [7, 11) is -3.72. The summed E-state index contributed by atoms with van der Waals surface area (Å²) in [6.07, 6.45) is 1.54. The molecule has 0 aliphatic rings. The van der Waals surface area contributed by atoms with Gasteiger partial charge in [-0.3, -0.25) is 9.10 Å². The van der Waals surface area contributed by atoms with E-state index in [1.807, 2.05) is 0 Å². The molecule has 0 aliphatic carbocycles. The van der Waals surface area contributed by atoms with Crippen molar-refractivity contribution in [2.45, 2.75) is 30.4 Å². The number of nitrogens with one attached hydrogen (secondary N) is 1. The molecule has 2 rings (SSSR count). The Labute approximate surface area is 178 Å². The fourth-order valence-electron chi connectivity index (χ4n) is 2.58. The van der Waals surface area contributed by atoms with Crippen molar-refractivity contribution < 1.29 is 13.2 Å². The summed E-state index contributed by atoms with van der Waals surface area (Å²) in [4.78, 5) is 12.5. The molecule has 2 aromatic rings. The van der Waals surface area contributed by atoms with E-state index < -0.39 is 10.0 Å². The second-order valence-electron chi connectivity index (χ2n) is 7.40. The monoisotopic (exact) mass is 432 g/mol. The summed E-state index contributed by atoms with van der Waals surface area (Å²) in [5.74, 6) is 0.655. The Balaban J connectivity index is 2.12. The smallest absolute Gasteiger partial charge is 0.264 e. The Morgan fingerprint density at radius 3 is 2.28 bits per heavy atom. The Kier molecular flexibility index (Phi) is 7.93. The average molecular weight is 433 g/mol. The van der Waals surface area contributed by atoms with Crippen LogP contribution in [0, 0.1) is 0 Å². The first kappa shape index (κ1) is 23.0. The highest BCUT2D eigenvalue weighted by molar-refractivity contribution is 8.00. The minimum Gasteiger partial charge on any atom is -0.351 e. The van der Waals surface area contributed by atoms with Crippen LogP contribution >= 0.6 is 11.8 Å². The molecule has 0 spiro atoms. The van der Waals surface area contributed by atoms with E-state index >= 15 is 0 Å². The van der Waals surface area contributed by atoms with E-state index in [9.17, 15) is 13.2 Å². The van der Waals surface area contributed by atoms with Crippen molar-refractivity contribution in [2.24, 2.45) is 0 Å². The number of nitrogens with zero attached hydrogens (tertiary/aromatic N) is 1. The molecule has 0 bridgehead atoms. The van der Waals surface area contributed by atoms with Crippen LogP contribution in [0.2, 0.25) is 0 Å². The van der Waals surface area contributed by atoms with Gasteiger partial charge in [0, 0.05) is 22.6 Å². The molecule has 5 nitrogen and oxygen atoms in total. The SMILES string of the molecule is C=CCN(c1ccc(C(=O)NCCSC(C)(C)C)cc1)S(=O)(=O)c1ccccc1. The van der Waals surface area contributed by atoms with Gasteiger partial charge in [-0.15, -0.1) is 6.58 Å². The fraction of sp³-hybridized carbons (Fsp3) is 0.318. The van der Waals surface area contributed by atoms with Crippen molar-refractivity contribution in [3.63, 3.8) is 0 Å². The molecule has 0 saturated carbocycles. The third-order valence-electron chi connectivity index (χ3n) is 3.97. The Morgan fingerprint density at radius 1 is 1.10 bits per heavy atom. The maximum atomic E-state index is 13.0. The summed E-state index contributed by atoms with van der Waals surface area (Å²) >= 11 is 1.79. The predicted octanol–water partition coefficient (Wildman–Crippen LogP) is 4.33. The van der Waals surface area contributed by atoms with Gasteiger partial charge in [0.25, 0.3) is 15.9 Å². The molecule has 156 valence electrons. The van der Waals surface area contributed by atoms with E-state index in [-0.39, 0.29) is 22.1 Å². The largest absolute Gasteiger partial charge is 0.351 e. The van der Waals surface area contributed by atoms with Crippen molar-refractivity contribution in [1.29, 1.82) is 0 Å². The Bertz CT molecular complexity index is 919. The van der Waals surface area contributed by atoms with Crippen LogP contribution in [-0.2, 0) is 10.0 Å². The summed E-state index contributed by atoms with van der Waals surface area (Å²) in [6, 6.07) is 14.8. The standard InChI is InChI=1S/C22H28N2O3S2/c1-5-16-24(29(26,27)20-9-7-6-8-10-20)19-13-11-18(12-14-19)21(25)23-15-17-28-22(2,3)4/h5-14H,1,15-17H2,2-4H3,(H,23,25). The van der Waals surface area contributed by atoms with Crippen LogP contribution in [-0.4, -0.2) is 37.9 Å². The van der Waals surface area contributed by atoms with Crippen LogP contribution < -0.4 is 9.62 Å². The molecular formula is C22H28N2O3S2. The van der Waals surface area contributed by atoms with E-state index in [0.29, 0.717) is 17.8 Å². The normalized spacial score (nSPS) is 11.7. The molecule has 1 amide bonds. The topological polar surface area (TPSA) is 66.5 Å². The number of hydrogen-bond donors (Lipinski definition) is 1. The van der Waals surface area contributed by atoms with Crippen molar-refractivity contribution in [3.05, 3.63) is 72.8 Å². The van der Waals surface area contributed by atoms with Gasteiger partial charge >= 0.3 is 0 Å². The Hall–Kier alpha value is -2.25. The van der Waals surface area contributed by atoms with Gasteiger partial charge in [0.2, 0.25) is 0 Å². The molecule has 0 fully saturated rings. The summed E-state index contributed by atoms with van der Waals surface area (Å²) < 4.78 is 27.4. The number of carbonyl (C=O) groups excluding carboxylic acids is 1. The number of anilines is 1. The summed E-state index contributed by atoms with van der Waals surface area (Å²) in [6.45, 7) is 10.8. The summed E-state index contributed by atoms with van der Waals surface area (Å²) in [5.41, 5.74) is 0.971. The number of benzene rings is 2. The van der Waals surface area contributed by atoms with Crippen LogP contribution in [0.25, 0.3) is 0 Å². The molecule has 0 aliphatic heterocycles. The minimum absolute atomic E-state index is 0.132. The number of thioether (sulfide) groups is 1.